The normalized spacial score (nSPS) is 10.8. The van der Waals surface area contributed by atoms with Crippen LogP contribution in [0.25, 0.3) is 0 Å². The smallest absolute Gasteiger partial charge is 0.159 e. The number of hydrogen-bond donors (Lipinski definition) is 2. The lowest BCUT2D eigenvalue weighted by molar-refractivity contribution is 0.466. The second kappa shape index (κ2) is 6.01. The predicted molar refractivity (Wildman–Crippen MR) is 74.5 cm³/mol. The van der Waals surface area contributed by atoms with Gasteiger partial charge < -0.3 is 10.4 Å². The number of aryl methyl sites for hydroxylation is 2. The van der Waals surface area contributed by atoms with Gasteiger partial charge in [0, 0.05) is 13.1 Å². The number of phenolic OH excluding ortho intramolecular Hbond substituents is 1. The third-order valence-electron chi connectivity index (χ3n) is 3.19. The number of hydrogen-bond acceptors (Lipinski definition) is 2. The Morgan fingerprint density at radius 2 is 1.50 bits per heavy atom. The van der Waals surface area contributed by atoms with E-state index < -0.39 is 11.6 Å². The van der Waals surface area contributed by atoms with E-state index >= 15 is 0 Å². The Morgan fingerprint density at radius 3 is 2.10 bits per heavy atom. The summed E-state index contributed by atoms with van der Waals surface area (Å²) < 4.78 is 25.8. The molecule has 0 aliphatic rings. The van der Waals surface area contributed by atoms with Crippen LogP contribution in [0.15, 0.2) is 30.3 Å². The van der Waals surface area contributed by atoms with Crippen LogP contribution in [0.1, 0.15) is 22.3 Å². The molecule has 0 amide bonds. The van der Waals surface area contributed by atoms with E-state index in [0.29, 0.717) is 24.4 Å². The third-order valence-corrected chi connectivity index (χ3v) is 3.19. The summed E-state index contributed by atoms with van der Waals surface area (Å²) in [5.74, 6) is -1.35. The van der Waals surface area contributed by atoms with E-state index in [0.717, 1.165) is 22.8 Å². The van der Waals surface area contributed by atoms with Crippen molar-refractivity contribution in [2.24, 2.45) is 0 Å². The van der Waals surface area contributed by atoms with Gasteiger partial charge >= 0.3 is 0 Å². The number of nitrogens with one attached hydrogen (secondary N) is 1. The molecule has 0 atom stereocenters. The molecular weight excluding hydrogens is 260 g/mol. The van der Waals surface area contributed by atoms with Crippen LogP contribution in [0.4, 0.5) is 8.78 Å². The Labute approximate surface area is 117 Å². The van der Waals surface area contributed by atoms with Gasteiger partial charge in [0.25, 0.3) is 0 Å². The van der Waals surface area contributed by atoms with E-state index in [2.05, 4.69) is 5.32 Å². The molecule has 2 rings (SSSR count). The quantitative estimate of drug-likeness (QED) is 0.895. The first kappa shape index (κ1) is 14.5. The molecule has 2 nitrogen and oxygen atoms in total. The Hall–Kier alpha value is -1.94. The van der Waals surface area contributed by atoms with Crippen molar-refractivity contribution in [1.82, 2.24) is 5.32 Å². The maximum absolute atomic E-state index is 13.0. The van der Waals surface area contributed by atoms with Crippen LogP contribution < -0.4 is 5.32 Å². The van der Waals surface area contributed by atoms with Crippen LogP contribution in [0.3, 0.4) is 0 Å². The van der Waals surface area contributed by atoms with Crippen molar-refractivity contribution in [2.45, 2.75) is 26.9 Å². The summed E-state index contributed by atoms with van der Waals surface area (Å²) >= 11 is 0. The minimum Gasteiger partial charge on any atom is -0.507 e. The highest BCUT2D eigenvalue weighted by Gasteiger charge is 2.04. The summed E-state index contributed by atoms with van der Waals surface area (Å²) in [7, 11) is 0. The van der Waals surface area contributed by atoms with Crippen molar-refractivity contribution in [2.75, 3.05) is 0 Å². The van der Waals surface area contributed by atoms with E-state index in [1.165, 1.54) is 6.07 Å². The standard InChI is InChI=1S/C16H17F2NO/c1-10-5-13(6-11(2)16(10)20)9-19-8-12-3-4-14(17)15(18)7-12/h3-7,19-20H,8-9H2,1-2H3. The fourth-order valence-corrected chi connectivity index (χ4v) is 2.15. The van der Waals surface area contributed by atoms with Gasteiger partial charge in [-0.05, 0) is 48.2 Å². The predicted octanol–water partition coefficient (Wildman–Crippen LogP) is 3.58. The molecule has 4 heteroatoms. The lowest BCUT2D eigenvalue weighted by atomic mass is 10.1. The van der Waals surface area contributed by atoms with Crippen molar-refractivity contribution < 1.29 is 13.9 Å². The molecule has 106 valence electrons. The second-order valence-corrected chi connectivity index (χ2v) is 4.93. The number of halogens is 2. The number of rotatable bonds is 4. The van der Waals surface area contributed by atoms with E-state index in [1.54, 1.807) is 6.07 Å². The fourth-order valence-electron chi connectivity index (χ4n) is 2.15. The molecule has 0 radical (unpaired) electrons. The molecular formula is C16H17F2NO. The van der Waals surface area contributed by atoms with Gasteiger partial charge in [-0.2, -0.15) is 0 Å². The lowest BCUT2D eigenvalue weighted by Gasteiger charge is -2.09. The first-order chi connectivity index (χ1) is 9.47. The Balaban J connectivity index is 1.97. The second-order valence-electron chi connectivity index (χ2n) is 4.93. The molecule has 2 aromatic carbocycles. The zero-order chi connectivity index (χ0) is 14.7. The molecule has 2 aromatic rings. The van der Waals surface area contributed by atoms with E-state index in [1.807, 2.05) is 26.0 Å². The summed E-state index contributed by atoms with van der Waals surface area (Å²) in [5, 5.41) is 12.9. The first-order valence-electron chi connectivity index (χ1n) is 6.41. The summed E-state index contributed by atoms with van der Waals surface area (Å²) in [6.07, 6.45) is 0. The van der Waals surface area contributed by atoms with Crippen LogP contribution in [0.2, 0.25) is 0 Å². The Bertz CT molecular complexity index is 603. The summed E-state index contributed by atoms with van der Waals surface area (Å²) in [6.45, 7) is 4.75. The molecule has 0 bridgehead atoms. The molecule has 0 aliphatic heterocycles. The molecule has 0 fully saturated rings. The monoisotopic (exact) mass is 277 g/mol. The average Bonchev–Trinajstić information content (AvgIpc) is 2.40. The summed E-state index contributed by atoms with van der Waals surface area (Å²) in [5.41, 5.74) is 3.39. The first-order valence-corrected chi connectivity index (χ1v) is 6.41. The van der Waals surface area contributed by atoms with Gasteiger partial charge in [-0.25, -0.2) is 8.78 Å². The third kappa shape index (κ3) is 3.33. The average molecular weight is 277 g/mol. The summed E-state index contributed by atoms with van der Waals surface area (Å²) in [6, 6.07) is 7.68. The van der Waals surface area contributed by atoms with Crippen molar-refractivity contribution >= 4 is 0 Å². The van der Waals surface area contributed by atoms with Gasteiger partial charge in [-0.3, -0.25) is 0 Å². The number of benzene rings is 2. The highest BCUT2D eigenvalue weighted by atomic mass is 19.2. The van der Waals surface area contributed by atoms with Crippen LogP contribution in [-0.4, -0.2) is 5.11 Å². The zero-order valence-electron chi connectivity index (χ0n) is 11.5. The number of aromatic hydroxyl groups is 1. The van der Waals surface area contributed by atoms with Crippen molar-refractivity contribution in [3.63, 3.8) is 0 Å². The van der Waals surface area contributed by atoms with Crippen LogP contribution >= 0.6 is 0 Å². The zero-order valence-corrected chi connectivity index (χ0v) is 11.5. The van der Waals surface area contributed by atoms with Gasteiger partial charge in [0.1, 0.15) is 5.75 Å². The van der Waals surface area contributed by atoms with Crippen LogP contribution in [0.5, 0.6) is 5.75 Å². The molecule has 0 heterocycles. The molecule has 0 aromatic heterocycles. The maximum Gasteiger partial charge on any atom is 0.159 e. The van der Waals surface area contributed by atoms with Crippen molar-refractivity contribution in [3.8, 4) is 5.75 Å². The minimum absolute atomic E-state index is 0.314. The fraction of sp³-hybridized carbons (Fsp3) is 0.250. The Morgan fingerprint density at radius 1 is 0.900 bits per heavy atom. The van der Waals surface area contributed by atoms with Gasteiger partial charge in [-0.15, -0.1) is 0 Å². The summed E-state index contributed by atoms with van der Waals surface area (Å²) in [4.78, 5) is 0. The van der Waals surface area contributed by atoms with Crippen LogP contribution in [-0.2, 0) is 13.1 Å². The van der Waals surface area contributed by atoms with Gasteiger partial charge in [0.05, 0.1) is 0 Å². The molecule has 0 unspecified atom stereocenters. The molecule has 0 aliphatic carbocycles. The largest absolute Gasteiger partial charge is 0.507 e. The van der Waals surface area contributed by atoms with E-state index in [4.69, 9.17) is 0 Å². The van der Waals surface area contributed by atoms with Crippen LogP contribution in [0, 0.1) is 25.5 Å². The lowest BCUT2D eigenvalue weighted by Crippen LogP contribution is -2.13. The SMILES string of the molecule is Cc1cc(CNCc2ccc(F)c(F)c2)cc(C)c1O. The molecule has 0 saturated heterocycles. The highest BCUT2D eigenvalue weighted by molar-refractivity contribution is 5.42. The highest BCUT2D eigenvalue weighted by Crippen LogP contribution is 2.22. The molecule has 2 N–H and O–H groups in total. The molecule has 0 spiro atoms. The van der Waals surface area contributed by atoms with Gasteiger partial charge in [0.15, 0.2) is 11.6 Å². The molecule has 0 saturated carbocycles. The number of phenols is 1. The minimum atomic E-state index is -0.835. The van der Waals surface area contributed by atoms with E-state index in [-0.39, 0.29) is 0 Å². The van der Waals surface area contributed by atoms with E-state index in [9.17, 15) is 13.9 Å². The topological polar surface area (TPSA) is 32.3 Å². The van der Waals surface area contributed by atoms with Gasteiger partial charge in [-0.1, -0.05) is 18.2 Å². The van der Waals surface area contributed by atoms with Crippen molar-refractivity contribution in [3.05, 3.63) is 64.2 Å². The Kier molecular flexibility index (Phi) is 4.35. The molecule has 20 heavy (non-hydrogen) atoms. The van der Waals surface area contributed by atoms with Gasteiger partial charge in [0.2, 0.25) is 0 Å². The maximum atomic E-state index is 13.0. The van der Waals surface area contributed by atoms with Crippen molar-refractivity contribution in [1.29, 1.82) is 0 Å².